The van der Waals surface area contributed by atoms with E-state index in [1.165, 1.54) is 4.90 Å². The van der Waals surface area contributed by atoms with Crippen LogP contribution in [0.25, 0.3) is 0 Å². The normalized spacial score (nSPS) is 21.3. The van der Waals surface area contributed by atoms with Gasteiger partial charge in [-0.2, -0.15) is 0 Å². The van der Waals surface area contributed by atoms with E-state index in [2.05, 4.69) is 0 Å². The third-order valence-electron chi connectivity index (χ3n) is 3.56. The first-order chi connectivity index (χ1) is 10.6. The molecule has 1 heterocycles. The minimum Gasteiger partial charge on any atom is -0.464 e. The molecule has 1 N–H and O–H groups in total. The number of ether oxygens (including phenoxy) is 2. The minimum atomic E-state index is -0.688. The molecule has 2 unspecified atom stereocenters. The number of hydrogen-bond donors (Lipinski definition) is 1. The summed E-state index contributed by atoms with van der Waals surface area (Å²) in [5, 5.41) is 9.74. The van der Waals surface area contributed by atoms with Gasteiger partial charge in [-0.25, -0.2) is 9.59 Å². The number of rotatable bonds is 4. The van der Waals surface area contributed by atoms with Crippen LogP contribution in [0.1, 0.15) is 25.3 Å². The van der Waals surface area contributed by atoms with E-state index in [0.29, 0.717) is 12.8 Å². The van der Waals surface area contributed by atoms with Crippen molar-refractivity contribution in [1.82, 2.24) is 4.90 Å². The summed E-state index contributed by atoms with van der Waals surface area (Å²) in [7, 11) is 0. The lowest BCUT2D eigenvalue weighted by Crippen LogP contribution is -2.52. The first kappa shape index (κ1) is 16.3. The van der Waals surface area contributed by atoms with E-state index in [1.54, 1.807) is 6.92 Å². The van der Waals surface area contributed by atoms with Crippen molar-refractivity contribution in [2.45, 2.75) is 38.5 Å². The molecule has 0 aliphatic carbocycles. The molecule has 1 aliphatic rings. The number of benzene rings is 1. The molecule has 0 spiro atoms. The Kier molecular flexibility index (Phi) is 5.77. The molecule has 0 aromatic heterocycles. The van der Waals surface area contributed by atoms with Gasteiger partial charge < -0.3 is 14.6 Å². The van der Waals surface area contributed by atoms with Gasteiger partial charge in [0.05, 0.1) is 19.3 Å². The van der Waals surface area contributed by atoms with Gasteiger partial charge in [0, 0.05) is 0 Å². The van der Waals surface area contributed by atoms with E-state index in [1.807, 2.05) is 30.3 Å². The van der Waals surface area contributed by atoms with E-state index in [-0.39, 0.29) is 19.8 Å². The number of aliphatic hydroxyl groups is 1. The minimum absolute atomic E-state index is 0.0805. The summed E-state index contributed by atoms with van der Waals surface area (Å²) >= 11 is 0. The number of carbonyl (C=O) groups is 2. The Hall–Kier alpha value is -2.08. The maximum Gasteiger partial charge on any atom is 0.410 e. The first-order valence-corrected chi connectivity index (χ1v) is 7.43. The largest absolute Gasteiger partial charge is 0.464 e. The van der Waals surface area contributed by atoms with Crippen LogP contribution in [-0.2, 0) is 20.9 Å². The Labute approximate surface area is 129 Å². The van der Waals surface area contributed by atoms with Crippen LogP contribution < -0.4 is 0 Å². The van der Waals surface area contributed by atoms with E-state index < -0.39 is 24.2 Å². The van der Waals surface area contributed by atoms with E-state index >= 15 is 0 Å². The smallest absolute Gasteiger partial charge is 0.410 e. The molecular formula is C16H21NO5. The van der Waals surface area contributed by atoms with Crippen LogP contribution in [0.5, 0.6) is 0 Å². The van der Waals surface area contributed by atoms with Crippen molar-refractivity contribution in [2.24, 2.45) is 0 Å². The van der Waals surface area contributed by atoms with Gasteiger partial charge in [0.15, 0.2) is 0 Å². The molecule has 6 nitrogen and oxygen atoms in total. The summed E-state index contributed by atoms with van der Waals surface area (Å²) in [6, 6.07) is 8.60. The van der Waals surface area contributed by atoms with Crippen LogP contribution in [0.4, 0.5) is 4.79 Å². The van der Waals surface area contributed by atoms with Gasteiger partial charge >= 0.3 is 12.1 Å². The fourth-order valence-corrected chi connectivity index (χ4v) is 2.44. The van der Waals surface area contributed by atoms with Crippen LogP contribution in [0.3, 0.4) is 0 Å². The second kappa shape index (κ2) is 7.79. The fourth-order valence-electron chi connectivity index (χ4n) is 2.44. The zero-order valence-corrected chi connectivity index (χ0v) is 12.6. The van der Waals surface area contributed by atoms with Crippen molar-refractivity contribution >= 4 is 12.1 Å². The summed E-state index contributed by atoms with van der Waals surface area (Å²) in [5.41, 5.74) is 0.862. The highest BCUT2D eigenvalue weighted by Gasteiger charge is 2.37. The molecule has 1 aromatic rings. The first-order valence-electron chi connectivity index (χ1n) is 7.43. The van der Waals surface area contributed by atoms with Crippen molar-refractivity contribution in [2.75, 3.05) is 13.2 Å². The van der Waals surface area contributed by atoms with Gasteiger partial charge in [0.25, 0.3) is 0 Å². The van der Waals surface area contributed by atoms with Gasteiger partial charge in [-0.1, -0.05) is 30.3 Å². The van der Waals surface area contributed by atoms with Crippen LogP contribution >= 0.6 is 0 Å². The molecule has 6 heteroatoms. The summed E-state index contributed by atoms with van der Waals surface area (Å²) in [6.07, 6.45) is -0.414. The number of aliphatic hydroxyl groups excluding tert-OH is 1. The van der Waals surface area contributed by atoms with Gasteiger partial charge in [0.1, 0.15) is 12.6 Å². The Morgan fingerprint density at radius 3 is 2.64 bits per heavy atom. The Balaban J connectivity index is 1.98. The van der Waals surface area contributed by atoms with Crippen molar-refractivity contribution in [3.8, 4) is 0 Å². The number of amides is 1. The topological polar surface area (TPSA) is 76.1 Å². The molecule has 0 saturated carbocycles. The SMILES string of the molecule is CCOC(=O)C1CCC(O)CN1C(=O)OCc1ccccc1. The maximum absolute atomic E-state index is 12.2. The standard InChI is InChI=1S/C16H21NO5/c1-2-21-15(19)14-9-8-13(18)10-17(14)16(20)22-11-12-6-4-3-5-7-12/h3-7,13-14,18H,2,8-11H2,1H3. The van der Waals surface area contributed by atoms with Gasteiger partial charge in [0.2, 0.25) is 0 Å². The van der Waals surface area contributed by atoms with Crippen molar-refractivity contribution in [1.29, 1.82) is 0 Å². The number of esters is 1. The van der Waals surface area contributed by atoms with Gasteiger partial charge in [-0.15, -0.1) is 0 Å². The summed E-state index contributed by atoms with van der Waals surface area (Å²) in [6.45, 7) is 2.18. The predicted molar refractivity (Wildman–Crippen MR) is 79.0 cm³/mol. The molecule has 1 fully saturated rings. The number of likely N-dealkylation sites (tertiary alicyclic amines) is 1. The maximum atomic E-state index is 12.2. The molecule has 120 valence electrons. The second-order valence-corrected chi connectivity index (χ2v) is 5.19. The lowest BCUT2D eigenvalue weighted by Gasteiger charge is -2.35. The zero-order valence-electron chi connectivity index (χ0n) is 12.6. The molecule has 22 heavy (non-hydrogen) atoms. The van der Waals surface area contributed by atoms with Crippen LogP contribution in [-0.4, -0.2) is 47.4 Å². The third kappa shape index (κ3) is 4.21. The molecule has 1 amide bonds. The van der Waals surface area contributed by atoms with Gasteiger partial charge in [-0.05, 0) is 25.3 Å². The monoisotopic (exact) mass is 307 g/mol. The highest BCUT2D eigenvalue weighted by molar-refractivity contribution is 5.81. The third-order valence-corrected chi connectivity index (χ3v) is 3.56. The van der Waals surface area contributed by atoms with Crippen molar-refractivity contribution in [3.05, 3.63) is 35.9 Å². The summed E-state index contributed by atoms with van der Waals surface area (Å²) in [4.78, 5) is 25.4. The zero-order chi connectivity index (χ0) is 15.9. The predicted octanol–water partition coefficient (Wildman–Crippen LogP) is 1.71. The molecule has 0 bridgehead atoms. The Morgan fingerprint density at radius 1 is 1.23 bits per heavy atom. The lowest BCUT2D eigenvalue weighted by atomic mass is 10.0. The average molecular weight is 307 g/mol. The van der Waals surface area contributed by atoms with Crippen molar-refractivity contribution < 1.29 is 24.2 Å². The van der Waals surface area contributed by atoms with Crippen LogP contribution in [0.15, 0.2) is 30.3 Å². The number of β-amino-alcohol motifs (C(OH)–C–C–N with tert-alkyl or cyclic N) is 1. The molecule has 1 aromatic carbocycles. The lowest BCUT2D eigenvalue weighted by molar-refractivity contribution is -0.151. The molecule has 1 aliphatic heterocycles. The van der Waals surface area contributed by atoms with E-state index in [4.69, 9.17) is 9.47 Å². The molecular weight excluding hydrogens is 286 g/mol. The van der Waals surface area contributed by atoms with E-state index in [0.717, 1.165) is 5.56 Å². The fraction of sp³-hybridized carbons (Fsp3) is 0.500. The quantitative estimate of drug-likeness (QED) is 0.857. The number of nitrogens with zero attached hydrogens (tertiary/aromatic N) is 1. The molecule has 0 radical (unpaired) electrons. The molecule has 2 atom stereocenters. The summed E-state index contributed by atoms with van der Waals surface area (Å²) in [5.74, 6) is -0.453. The highest BCUT2D eigenvalue weighted by atomic mass is 16.6. The summed E-state index contributed by atoms with van der Waals surface area (Å²) < 4.78 is 10.2. The second-order valence-electron chi connectivity index (χ2n) is 5.19. The van der Waals surface area contributed by atoms with Crippen LogP contribution in [0.2, 0.25) is 0 Å². The molecule has 2 rings (SSSR count). The van der Waals surface area contributed by atoms with Crippen LogP contribution in [0, 0.1) is 0 Å². The number of hydrogen-bond acceptors (Lipinski definition) is 5. The molecule has 1 saturated heterocycles. The van der Waals surface area contributed by atoms with Crippen molar-refractivity contribution in [3.63, 3.8) is 0 Å². The van der Waals surface area contributed by atoms with E-state index in [9.17, 15) is 14.7 Å². The van der Waals surface area contributed by atoms with Gasteiger partial charge in [-0.3, -0.25) is 4.90 Å². The highest BCUT2D eigenvalue weighted by Crippen LogP contribution is 2.20. The Bertz CT molecular complexity index is 505. The average Bonchev–Trinajstić information content (AvgIpc) is 2.53. The Morgan fingerprint density at radius 2 is 1.95 bits per heavy atom. The number of carbonyl (C=O) groups excluding carboxylic acids is 2. The number of piperidine rings is 1.